The second-order valence-electron chi connectivity index (χ2n) is 6.15. The highest BCUT2D eigenvalue weighted by Crippen LogP contribution is 2.15. The number of primary amides is 1. The number of halogens is 1. The molecule has 1 aromatic rings. The van der Waals surface area contributed by atoms with Gasteiger partial charge in [0, 0.05) is 31.7 Å². The van der Waals surface area contributed by atoms with Gasteiger partial charge in [0.05, 0.1) is 13.0 Å². The van der Waals surface area contributed by atoms with Gasteiger partial charge in [-0.3, -0.25) is 14.5 Å². The first-order valence-corrected chi connectivity index (χ1v) is 8.09. The smallest absolute Gasteiger partial charge is 0.236 e. The van der Waals surface area contributed by atoms with Crippen molar-refractivity contribution in [1.29, 1.82) is 0 Å². The van der Waals surface area contributed by atoms with E-state index in [0.717, 1.165) is 0 Å². The van der Waals surface area contributed by atoms with Gasteiger partial charge in [0.25, 0.3) is 0 Å². The van der Waals surface area contributed by atoms with Crippen LogP contribution in [0.25, 0.3) is 0 Å². The summed E-state index contributed by atoms with van der Waals surface area (Å²) < 4.78 is 18.5. The fourth-order valence-corrected chi connectivity index (χ4v) is 2.87. The maximum absolute atomic E-state index is 13.1. The summed E-state index contributed by atoms with van der Waals surface area (Å²) in [5.74, 6) is -0.506. The molecular weight excluding hydrogens is 313 g/mol. The summed E-state index contributed by atoms with van der Waals surface area (Å²) in [5, 5.41) is 0. The number of ether oxygens (including phenoxy) is 1. The molecule has 1 heterocycles. The zero-order valence-corrected chi connectivity index (χ0v) is 14.1. The van der Waals surface area contributed by atoms with Crippen molar-refractivity contribution in [3.8, 4) is 5.75 Å². The molecule has 0 spiro atoms. The summed E-state index contributed by atoms with van der Waals surface area (Å²) in [4.78, 5) is 27.6. The second-order valence-corrected chi connectivity index (χ2v) is 6.15. The Balaban J connectivity index is 1.85. The van der Waals surface area contributed by atoms with Crippen LogP contribution in [0.4, 0.5) is 4.39 Å². The van der Waals surface area contributed by atoms with Crippen molar-refractivity contribution >= 4 is 11.8 Å². The lowest BCUT2D eigenvalue weighted by Crippen LogP contribution is -2.61. The van der Waals surface area contributed by atoms with Crippen LogP contribution in [0.1, 0.15) is 20.3 Å². The van der Waals surface area contributed by atoms with E-state index in [1.165, 1.54) is 12.1 Å². The van der Waals surface area contributed by atoms with Gasteiger partial charge in [-0.05, 0) is 26.0 Å². The van der Waals surface area contributed by atoms with Crippen LogP contribution in [0.15, 0.2) is 24.3 Å². The predicted octanol–water partition coefficient (Wildman–Crippen LogP) is 1.00. The van der Waals surface area contributed by atoms with Crippen molar-refractivity contribution < 1.29 is 18.7 Å². The normalized spacial score (nSPS) is 18.7. The third-order valence-corrected chi connectivity index (χ3v) is 4.15. The van der Waals surface area contributed by atoms with Crippen LogP contribution in [-0.2, 0) is 9.59 Å². The Bertz CT molecular complexity index is 594. The molecule has 1 fully saturated rings. The van der Waals surface area contributed by atoms with Crippen LogP contribution >= 0.6 is 0 Å². The van der Waals surface area contributed by atoms with Gasteiger partial charge in [0.1, 0.15) is 17.6 Å². The molecule has 0 aromatic heterocycles. The summed E-state index contributed by atoms with van der Waals surface area (Å²) in [5.41, 5.74) is 5.47. The third kappa shape index (κ3) is 4.67. The minimum absolute atomic E-state index is 0.0962. The van der Waals surface area contributed by atoms with Gasteiger partial charge in [0.2, 0.25) is 11.8 Å². The van der Waals surface area contributed by atoms with Gasteiger partial charge in [-0.2, -0.15) is 0 Å². The molecule has 1 aliphatic heterocycles. The van der Waals surface area contributed by atoms with Crippen LogP contribution in [0.2, 0.25) is 0 Å². The quantitative estimate of drug-likeness (QED) is 0.840. The molecule has 0 bridgehead atoms. The van der Waals surface area contributed by atoms with Crippen LogP contribution in [0.5, 0.6) is 5.75 Å². The van der Waals surface area contributed by atoms with Crippen LogP contribution in [0, 0.1) is 5.82 Å². The molecule has 0 aliphatic carbocycles. The van der Waals surface area contributed by atoms with Crippen molar-refractivity contribution in [1.82, 2.24) is 9.80 Å². The highest BCUT2D eigenvalue weighted by Gasteiger charge is 2.34. The average molecular weight is 337 g/mol. The first kappa shape index (κ1) is 18.2. The Morgan fingerprint density at radius 1 is 1.38 bits per heavy atom. The molecule has 2 rings (SSSR count). The summed E-state index contributed by atoms with van der Waals surface area (Å²) >= 11 is 0. The van der Waals surface area contributed by atoms with Crippen molar-refractivity contribution in [2.24, 2.45) is 5.73 Å². The van der Waals surface area contributed by atoms with E-state index in [0.29, 0.717) is 25.4 Å². The van der Waals surface area contributed by atoms with E-state index >= 15 is 0 Å². The largest absolute Gasteiger partial charge is 0.493 e. The number of nitrogens with zero attached hydrogens (tertiary/aromatic N) is 2. The molecule has 1 aliphatic rings. The summed E-state index contributed by atoms with van der Waals surface area (Å²) in [6.07, 6.45) is 0.170. The Morgan fingerprint density at radius 3 is 2.75 bits per heavy atom. The molecule has 1 atom stereocenters. The number of benzene rings is 1. The predicted molar refractivity (Wildman–Crippen MR) is 87.9 cm³/mol. The Kier molecular flexibility index (Phi) is 6.14. The minimum Gasteiger partial charge on any atom is -0.493 e. The molecule has 2 amide bonds. The number of carbonyl (C=O) groups is 2. The van der Waals surface area contributed by atoms with Crippen molar-refractivity contribution in [2.75, 3.05) is 26.2 Å². The zero-order chi connectivity index (χ0) is 17.7. The Hall–Kier alpha value is -2.15. The molecular formula is C17H24FN3O3. The van der Waals surface area contributed by atoms with E-state index in [4.69, 9.17) is 10.5 Å². The van der Waals surface area contributed by atoms with E-state index < -0.39 is 11.9 Å². The van der Waals surface area contributed by atoms with Gasteiger partial charge in [-0.1, -0.05) is 6.07 Å². The van der Waals surface area contributed by atoms with E-state index in [9.17, 15) is 14.0 Å². The van der Waals surface area contributed by atoms with E-state index in [1.54, 1.807) is 17.0 Å². The number of carbonyl (C=O) groups excluding carboxylic acids is 2. The third-order valence-electron chi connectivity index (χ3n) is 4.15. The summed E-state index contributed by atoms with van der Waals surface area (Å²) in [6, 6.07) is 5.51. The van der Waals surface area contributed by atoms with Gasteiger partial charge in [-0.15, -0.1) is 0 Å². The number of rotatable bonds is 6. The molecule has 0 radical (unpaired) electrons. The molecule has 132 valence electrons. The van der Waals surface area contributed by atoms with E-state index in [2.05, 4.69) is 0 Å². The van der Waals surface area contributed by atoms with Crippen molar-refractivity contribution in [3.05, 3.63) is 30.1 Å². The Labute approximate surface area is 141 Å². The fraction of sp³-hybridized carbons (Fsp3) is 0.529. The molecule has 7 heteroatoms. The number of nitrogens with two attached hydrogens (primary N) is 1. The van der Waals surface area contributed by atoms with Crippen molar-refractivity contribution in [3.63, 3.8) is 0 Å². The van der Waals surface area contributed by atoms with Crippen LogP contribution in [0.3, 0.4) is 0 Å². The lowest BCUT2D eigenvalue weighted by molar-refractivity contribution is -0.138. The SMILES string of the molecule is CC(C)N1CCN(C(=O)CCOc2cccc(F)c2)C[C@@H]1C(N)=O. The number of hydrogen-bond acceptors (Lipinski definition) is 4. The minimum atomic E-state index is -0.466. The molecule has 0 saturated carbocycles. The molecule has 6 nitrogen and oxygen atoms in total. The molecule has 1 aromatic carbocycles. The van der Waals surface area contributed by atoms with E-state index in [-0.39, 0.29) is 30.8 Å². The zero-order valence-electron chi connectivity index (χ0n) is 14.1. The highest BCUT2D eigenvalue weighted by molar-refractivity contribution is 5.82. The topological polar surface area (TPSA) is 75.9 Å². The lowest BCUT2D eigenvalue weighted by Gasteiger charge is -2.42. The monoisotopic (exact) mass is 337 g/mol. The number of hydrogen-bond donors (Lipinski definition) is 1. The number of amides is 2. The maximum Gasteiger partial charge on any atom is 0.236 e. The number of piperazine rings is 1. The summed E-state index contributed by atoms with van der Waals surface area (Å²) in [7, 11) is 0. The summed E-state index contributed by atoms with van der Waals surface area (Å²) in [6.45, 7) is 5.63. The molecule has 1 saturated heterocycles. The van der Waals surface area contributed by atoms with Crippen LogP contribution < -0.4 is 10.5 Å². The molecule has 2 N–H and O–H groups in total. The highest BCUT2D eigenvalue weighted by atomic mass is 19.1. The van der Waals surface area contributed by atoms with Gasteiger partial charge in [-0.25, -0.2) is 4.39 Å². The second kappa shape index (κ2) is 8.10. The fourth-order valence-electron chi connectivity index (χ4n) is 2.87. The average Bonchev–Trinajstić information content (AvgIpc) is 2.54. The first-order valence-electron chi connectivity index (χ1n) is 8.09. The van der Waals surface area contributed by atoms with Crippen LogP contribution in [-0.4, -0.2) is 59.9 Å². The maximum atomic E-state index is 13.1. The lowest BCUT2D eigenvalue weighted by atomic mass is 10.1. The van der Waals surface area contributed by atoms with E-state index in [1.807, 2.05) is 18.7 Å². The molecule has 24 heavy (non-hydrogen) atoms. The molecule has 0 unspecified atom stereocenters. The van der Waals surface area contributed by atoms with Gasteiger partial charge < -0.3 is 15.4 Å². The Morgan fingerprint density at radius 2 is 2.12 bits per heavy atom. The van der Waals surface area contributed by atoms with Gasteiger partial charge >= 0.3 is 0 Å². The van der Waals surface area contributed by atoms with Crippen molar-refractivity contribution in [2.45, 2.75) is 32.4 Å². The first-order chi connectivity index (χ1) is 11.4. The standard InChI is InChI=1S/C17H24FN3O3/c1-12(2)21-8-7-20(11-15(21)17(19)23)16(22)6-9-24-14-5-3-4-13(18)10-14/h3-5,10,12,15H,6-9,11H2,1-2H3,(H2,19,23)/t15-/m1/s1. The van der Waals surface area contributed by atoms with Gasteiger partial charge in [0.15, 0.2) is 0 Å².